The van der Waals surface area contributed by atoms with Gasteiger partial charge in [0.1, 0.15) is 11.4 Å². The van der Waals surface area contributed by atoms with Gasteiger partial charge in [-0.05, 0) is 49.6 Å². The summed E-state index contributed by atoms with van der Waals surface area (Å²) in [4.78, 5) is 16.4. The molecule has 0 spiro atoms. The van der Waals surface area contributed by atoms with E-state index in [1.807, 2.05) is 24.3 Å². The number of anilines is 1. The molecule has 3 N–H and O–H groups in total. The number of nitrogens with one attached hydrogen (secondary N) is 1. The lowest BCUT2D eigenvalue weighted by molar-refractivity contribution is 0.102. The largest absolute Gasteiger partial charge is 0.493 e. The number of carbonyl (C=O) groups is 1. The number of carbonyl (C=O) groups excluding carboxylic acids is 1. The number of halogens is 1. The molecule has 1 fully saturated rings. The molecule has 1 aliphatic carbocycles. The van der Waals surface area contributed by atoms with Gasteiger partial charge in [-0.15, -0.1) is 23.7 Å². The monoisotopic (exact) mass is 353 g/mol. The Morgan fingerprint density at radius 1 is 1.35 bits per heavy atom. The van der Waals surface area contributed by atoms with Gasteiger partial charge >= 0.3 is 0 Å². The zero-order valence-electron chi connectivity index (χ0n) is 12.7. The summed E-state index contributed by atoms with van der Waals surface area (Å²) in [6.07, 6.45) is 3.24. The molecule has 0 saturated heterocycles. The topological polar surface area (TPSA) is 77.2 Å². The zero-order chi connectivity index (χ0) is 15.4. The maximum absolute atomic E-state index is 12.1. The summed E-state index contributed by atoms with van der Waals surface area (Å²) >= 11 is 1.46. The normalized spacial score (nSPS) is 13.3. The van der Waals surface area contributed by atoms with Gasteiger partial charge in [-0.1, -0.05) is 0 Å². The predicted molar refractivity (Wildman–Crippen MR) is 94.7 cm³/mol. The predicted octanol–water partition coefficient (Wildman–Crippen LogP) is 3.11. The first-order chi connectivity index (χ1) is 10.7. The molecule has 0 aliphatic heterocycles. The van der Waals surface area contributed by atoms with E-state index >= 15 is 0 Å². The van der Waals surface area contributed by atoms with E-state index in [2.05, 4.69) is 10.3 Å². The maximum Gasteiger partial charge on any atom is 0.275 e. The summed E-state index contributed by atoms with van der Waals surface area (Å²) in [5.74, 6) is 1.36. The lowest BCUT2D eigenvalue weighted by Gasteiger charge is -2.07. The minimum Gasteiger partial charge on any atom is -0.493 e. The number of amides is 1. The summed E-state index contributed by atoms with van der Waals surface area (Å²) in [6.45, 7) is 1.32. The van der Waals surface area contributed by atoms with Crippen molar-refractivity contribution in [1.29, 1.82) is 0 Å². The molecular weight excluding hydrogens is 334 g/mol. The van der Waals surface area contributed by atoms with E-state index in [1.54, 1.807) is 5.38 Å². The zero-order valence-corrected chi connectivity index (χ0v) is 14.3. The fourth-order valence-corrected chi connectivity index (χ4v) is 2.78. The number of hydrogen-bond acceptors (Lipinski definition) is 5. The first-order valence-corrected chi connectivity index (χ1v) is 8.31. The van der Waals surface area contributed by atoms with E-state index in [4.69, 9.17) is 10.5 Å². The van der Waals surface area contributed by atoms with E-state index in [9.17, 15) is 4.79 Å². The number of benzene rings is 1. The van der Waals surface area contributed by atoms with Crippen LogP contribution in [0.4, 0.5) is 5.69 Å². The molecule has 3 rings (SSSR count). The highest BCUT2D eigenvalue weighted by Crippen LogP contribution is 2.29. The first kappa shape index (κ1) is 17.7. The van der Waals surface area contributed by atoms with E-state index in [-0.39, 0.29) is 18.3 Å². The Bertz CT molecular complexity index is 641. The van der Waals surface area contributed by atoms with Crippen molar-refractivity contribution in [3.05, 3.63) is 40.3 Å². The van der Waals surface area contributed by atoms with Crippen LogP contribution in [0.2, 0.25) is 0 Å². The van der Waals surface area contributed by atoms with Crippen molar-refractivity contribution in [1.82, 2.24) is 4.98 Å². The lowest BCUT2D eigenvalue weighted by Crippen LogP contribution is -2.12. The number of rotatable bonds is 7. The van der Waals surface area contributed by atoms with Crippen LogP contribution in [0.25, 0.3) is 0 Å². The van der Waals surface area contributed by atoms with Crippen molar-refractivity contribution in [2.45, 2.75) is 19.3 Å². The van der Waals surface area contributed by atoms with Crippen LogP contribution in [-0.2, 0) is 6.42 Å². The number of nitrogens with two attached hydrogens (primary N) is 1. The van der Waals surface area contributed by atoms with Crippen LogP contribution in [0.5, 0.6) is 5.75 Å². The number of hydrogen-bond donors (Lipinski definition) is 2. The summed E-state index contributed by atoms with van der Waals surface area (Å²) in [7, 11) is 0. The Kier molecular flexibility index (Phi) is 6.38. The van der Waals surface area contributed by atoms with Crippen LogP contribution >= 0.6 is 23.7 Å². The van der Waals surface area contributed by atoms with Crippen LogP contribution in [0.3, 0.4) is 0 Å². The molecule has 0 radical (unpaired) electrons. The Balaban J connectivity index is 0.00000192. The number of thiazole rings is 1. The molecule has 1 aliphatic rings. The standard InChI is InChI=1S/C16H19N3O2S.ClH/c17-8-7-15-19-14(10-22-15)16(20)18-12-3-5-13(6-4-12)21-9-11-1-2-11;/h3-6,10-11H,1-2,7-9,17H2,(H,18,20);1H. The second-order valence-electron chi connectivity index (χ2n) is 5.40. The molecule has 1 heterocycles. The van der Waals surface area contributed by atoms with Crippen molar-refractivity contribution in [2.24, 2.45) is 11.7 Å². The minimum absolute atomic E-state index is 0. The van der Waals surface area contributed by atoms with Gasteiger partial charge in [0.2, 0.25) is 0 Å². The molecule has 0 atom stereocenters. The highest BCUT2D eigenvalue weighted by molar-refractivity contribution is 7.09. The minimum atomic E-state index is -0.203. The molecule has 1 aromatic heterocycles. The Morgan fingerprint density at radius 2 is 2.09 bits per heavy atom. The van der Waals surface area contributed by atoms with Gasteiger partial charge in [0, 0.05) is 17.5 Å². The molecule has 2 aromatic rings. The fourth-order valence-electron chi connectivity index (χ4n) is 1.98. The third-order valence-corrected chi connectivity index (χ3v) is 4.35. The number of ether oxygens (including phenoxy) is 1. The Labute approximate surface area is 145 Å². The molecule has 1 saturated carbocycles. The highest BCUT2D eigenvalue weighted by Gasteiger charge is 2.21. The van der Waals surface area contributed by atoms with Crippen molar-refractivity contribution >= 4 is 35.3 Å². The quantitative estimate of drug-likeness (QED) is 0.801. The number of aromatic nitrogens is 1. The maximum atomic E-state index is 12.1. The molecule has 1 amide bonds. The van der Waals surface area contributed by atoms with Crippen LogP contribution in [0.1, 0.15) is 28.3 Å². The fraction of sp³-hybridized carbons (Fsp3) is 0.375. The smallest absolute Gasteiger partial charge is 0.275 e. The Morgan fingerprint density at radius 3 is 2.74 bits per heavy atom. The van der Waals surface area contributed by atoms with Gasteiger partial charge < -0.3 is 15.8 Å². The number of nitrogens with zero attached hydrogens (tertiary/aromatic N) is 1. The van der Waals surface area contributed by atoms with Gasteiger partial charge in [0.15, 0.2) is 0 Å². The first-order valence-electron chi connectivity index (χ1n) is 7.43. The third-order valence-electron chi connectivity index (χ3n) is 3.44. The molecule has 124 valence electrons. The summed E-state index contributed by atoms with van der Waals surface area (Å²) in [5.41, 5.74) is 6.65. The molecule has 7 heteroatoms. The van der Waals surface area contributed by atoms with Crippen LogP contribution in [0, 0.1) is 5.92 Å². The van der Waals surface area contributed by atoms with E-state index < -0.39 is 0 Å². The van der Waals surface area contributed by atoms with Crippen molar-refractivity contribution in [3.8, 4) is 5.75 Å². The average Bonchev–Trinajstić information content (AvgIpc) is 3.24. The molecule has 23 heavy (non-hydrogen) atoms. The molecule has 1 aromatic carbocycles. The summed E-state index contributed by atoms with van der Waals surface area (Å²) < 4.78 is 5.67. The van der Waals surface area contributed by atoms with E-state index in [0.29, 0.717) is 18.7 Å². The van der Waals surface area contributed by atoms with Crippen LogP contribution < -0.4 is 15.8 Å². The molecule has 5 nitrogen and oxygen atoms in total. The lowest BCUT2D eigenvalue weighted by atomic mass is 10.3. The van der Waals surface area contributed by atoms with Gasteiger partial charge in [0.05, 0.1) is 11.6 Å². The van der Waals surface area contributed by atoms with Crippen molar-refractivity contribution in [3.63, 3.8) is 0 Å². The van der Waals surface area contributed by atoms with Gasteiger partial charge in [-0.2, -0.15) is 0 Å². The third kappa shape index (κ3) is 5.20. The summed E-state index contributed by atoms with van der Waals surface area (Å²) in [5, 5.41) is 5.48. The average molecular weight is 354 g/mol. The van der Waals surface area contributed by atoms with Gasteiger partial charge in [-0.3, -0.25) is 4.79 Å². The summed E-state index contributed by atoms with van der Waals surface area (Å²) in [6, 6.07) is 7.43. The van der Waals surface area contributed by atoms with Crippen LogP contribution in [-0.4, -0.2) is 24.0 Å². The van der Waals surface area contributed by atoms with Gasteiger partial charge in [0.25, 0.3) is 5.91 Å². The molecule has 0 bridgehead atoms. The second-order valence-corrected chi connectivity index (χ2v) is 6.34. The van der Waals surface area contributed by atoms with Gasteiger partial charge in [-0.25, -0.2) is 4.98 Å². The van der Waals surface area contributed by atoms with Crippen molar-refractivity contribution in [2.75, 3.05) is 18.5 Å². The van der Waals surface area contributed by atoms with E-state index in [1.165, 1.54) is 24.2 Å². The molecule has 0 unspecified atom stereocenters. The van der Waals surface area contributed by atoms with Crippen molar-refractivity contribution < 1.29 is 9.53 Å². The highest BCUT2D eigenvalue weighted by atomic mass is 35.5. The van der Waals surface area contributed by atoms with E-state index in [0.717, 1.165) is 29.0 Å². The Hall–Kier alpha value is -1.63. The second kappa shape index (κ2) is 8.29. The van der Waals surface area contributed by atoms with Crippen LogP contribution in [0.15, 0.2) is 29.6 Å². The SMILES string of the molecule is Cl.NCCc1nc(C(=O)Nc2ccc(OCC3CC3)cc2)cs1. The molecular formula is C16H20ClN3O2S.